The Balaban J connectivity index is 1.68. The largest absolute Gasteiger partial charge is 0.481 e. The van der Waals surface area contributed by atoms with Gasteiger partial charge < -0.3 is 10.1 Å². The number of nitrogens with one attached hydrogen (secondary N) is 1. The smallest absolute Gasteiger partial charge is 0.213 e. The maximum atomic E-state index is 5.22. The SMILES string of the molecule is CCC1CNC(C2CC2)CN1Cc1cccc(OC)n1. The van der Waals surface area contributed by atoms with Crippen LogP contribution in [0.15, 0.2) is 18.2 Å². The minimum absolute atomic E-state index is 0.623. The van der Waals surface area contributed by atoms with Crippen LogP contribution in [0, 0.1) is 5.92 Å². The van der Waals surface area contributed by atoms with E-state index in [0.717, 1.165) is 31.2 Å². The van der Waals surface area contributed by atoms with Crippen molar-refractivity contribution in [3.05, 3.63) is 23.9 Å². The Kier molecular flexibility index (Phi) is 4.22. The molecule has 110 valence electrons. The highest BCUT2D eigenvalue weighted by molar-refractivity contribution is 5.16. The highest BCUT2D eigenvalue weighted by Gasteiger charge is 2.36. The molecule has 4 heteroatoms. The van der Waals surface area contributed by atoms with E-state index in [0.29, 0.717) is 18.0 Å². The molecule has 1 aromatic rings. The molecule has 1 aliphatic carbocycles. The van der Waals surface area contributed by atoms with Crippen LogP contribution in [0.4, 0.5) is 0 Å². The summed E-state index contributed by atoms with van der Waals surface area (Å²) in [4.78, 5) is 7.15. The zero-order chi connectivity index (χ0) is 13.9. The van der Waals surface area contributed by atoms with Crippen molar-refractivity contribution in [1.82, 2.24) is 15.2 Å². The predicted octanol–water partition coefficient (Wildman–Crippen LogP) is 2.05. The Morgan fingerprint density at radius 2 is 2.25 bits per heavy atom. The Labute approximate surface area is 121 Å². The van der Waals surface area contributed by atoms with Gasteiger partial charge in [-0.3, -0.25) is 4.90 Å². The van der Waals surface area contributed by atoms with E-state index >= 15 is 0 Å². The van der Waals surface area contributed by atoms with Crippen molar-refractivity contribution in [3.63, 3.8) is 0 Å². The van der Waals surface area contributed by atoms with E-state index in [-0.39, 0.29) is 0 Å². The first-order valence-electron chi connectivity index (χ1n) is 7.77. The lowest BCUT2D eigenvalue weighted by molar-refractivity contribution is 0.110. The van der Waals surface area contributed by atoms with Crippen LogP contribution in [0.3, 0.4) is 0 Å². The quantitative estimate of drug-likeness (QED) is 0.892. The molecule has 4 nitrogen and oxygen atoms in total. The zero-order valence-corrected chi connectivity index (χ0v) is 12.5. The van der Waals surface area contributed by atoms with E-state index in [1.54, 1.807) is 7.11 Å². The molecule has 2 fully saturated rings. The molecule has 0 bridgehead atoms. The number of piperazine rings is 1. The average molecular weight is 275 g/mol. The molecule has 1 saturated heterocycles. The number of rotatable bonds is 5. The maximum Gasteiger partial charge on any atom is 0.213 e. The fourth-order valence-corrected chi connectivity index (χ4v) is 3.16. The van der Waals surface area contributed by atoms with E-state index in [4.69, 9.17) is 4.74 Å². The van der Waals surface area contributed by atoms with Crippen LogP contribution < -0.4 is 10.1 Å². The van der Waals surface area contributed by atoms with Crippen molar-refractivity contribution in [2.45, 2.75) is 44.8 Å². The first-order chi connectivity index (χ1) is 9.80. The van der Waals surface area contributed by atoms with Gasteiger partial charge in [0.2, 0.25) is 5.88 Å². The van der Waals surface area contributed by atoms with Gasteiger partial charge in [-0.2, -0.15) is 0 Å². The minimum Gasteiger partial charge on any atom is -0.481 e. The third-order valence-corrected chi connectivity index (χ3v) is 4.58. The van der Waals surface area contributed by atoms with Crippen molar-refractivity contribution >= 4 is 0 Å². The van der Waals surface area contributed by atoms with Gasteiger partial charge in [-0.15, -0.1) is 0 Å². The van der Waals surface area contributed by atoms with Crippen molar-refractivity contribution in [2.24, 2.45) is 5.92 Å². The lowest BCUT2D eigenvalue weighted by atomic mass is 10.0. The third-order valence-electron chi connectivity index (χ3n) is 4.58. The average Bonchev–Trinajstić information content (AvgIpc) is 3.32. The maximum absolute atomic E-state index is 5.22. The molecule has 2 aliphatic rings. The van der Waals surface area contributed by atoms with Gasteiger partial charge in [0.25, 0.3) is 0 Å². The monoisotopic (exact) mass is 275 g/mol. The molecule has 0 amide bonds. The second-order valence-corrected chi connectivity index (χ2v) is 6.01. The summed E-state index contributed by atoms with van der Waals surface area (Å²) < 4.78 is 5.22. The van der Waals surface area contributed by atoms with Gasteiger partial charge >= 0.3 is 0 Å². The molecule has 2 unspecified atom stereocenters. The number of hydrogen-bond donors (Lipinski definition) is 1. The summed E-state index contributed by atoms with van der Waals surface area (Å²) in [5, 5.41) is 3.73. The van der Waals surface area contributed by atoms with Crippen LogP contribution in [0.5, 0.6) is 5.88 Å². The molecular formula is C16H25N3O. The molecule has 0 radical (unpaired) electrons. The summed E-state index contributed by atoms with van der Waals surface area (Å²) in [5.41, 5.74) is 1.11. The number of nitrogens with zero attached hydrogens (tertiary/aromatic N) is 2. The lowest BCUT2D eigenvalue weighted by Crippen LogP contribution is -2.56. The Morgan fingerprint density at radius 3 is 2.95 bits per heavy atom. The zero-order valence-electron chi connectivity index (χ0n) is 12.5. The number of aromatic nitrogens is 1. The normalized spacial score (nSPS) is 27.5. The minimum atomic E-state index is 0.623. The summed E-state index contributed by atoms with van der Waals surface area (Å²) in [7, 11) is 1.68. The summed E-state index contributed by atoms with van der Waals surface area (Å²) in [5.74, 6) is 1.62. The molecule has 2 heterocycles. The molecule has 0 aromatic carbocycles. The molecule has 3 rings (SSSR count). The summed E-state index contributed by atoms with van der Waals surface area (Å²) in [6.07, 6.45) is 3.99. The lowest BCUT2D eigenvalue weighted by Gasteiger charge is -2.40. The van der Waals surface area contributed by atoms with Crippen molar-refractivity contribution in [3.8, 4) is 5.88 Å². The van der Waals surface area contributed by atoms with E-state index < -0.39 is 0 Å². The number of ether oxygens (including phenoxy) is 1. The summed E-state index contributed by atoms with van der Waals surface area (Å²) >= 11 is 0. The van der Waals surface area contributed by atoms with Gasteiger partial charge in [-0.25, -0.2) is 4.98 Å². The van der Waals surface area contributed by atoms with Crippen molar-refractivity contribution in [1.29, 1.82) is 0 Å². The topological polar surface area (TPSA) is 37.4 Å². The van der Waals surface area contributed by atoms with Crippen LogP contribution in [0.2, 0.25) is 0 Å². The van der Waals surface area contributed by atoms with Crippen molar-refractivity contribution in [2.75, 3.05) is 20.2 Å². The molecule has 20 heavy (non-hydrogen) atoms. The van der Waals surface area contributed by atoms with Gasteiger partial charge in [0.15, 0.2) is 0 Å². The Bertz CT molecular complexity index is 447. The molecular weight excluding hydrogens is 250 g/mol. The van der Waals surface area contributed by atoms with Gasteiger partial charge in [-0.05, 0) is 31.2 Å². The fourth-order valence-electron chi connectivity index (χ4n) is 3.16. The van der Waals surface area contributed by atoms with Crippen LogP contribution in [-0.4, -0.2) is 42.2 Å². The van der Waals surface area contributed by atoms with Crippen LogP contribution in [0.25, 0.3) is 0 Å². The van der Waals surface area contributed by atoms with Gasteiger partial charge in [0, 0.05) is 37.8 Å². The molecule has 2 atom stereocenters. The van der Waals surface area contributed by atoms with E-state index in [1.807, 2.05) is 12.1 Å². The third kappa shape index (κ3) is 3.13. The van der Waals surface area contributed by atoms with Gasteiger partial charge in [0.05, 0.1) is 12.8 Å². The standard InChI is InChI=1S/C16H25N3O/c1-3-14-9-17-15(12-7-8-12)11-19(14)10-13-5-4-6-16(18-13)20-2/h4-6,12,14-15,17H,3,7-11H2,1-2H3. The first kappa shape index (κ1) is 13.8. The number of pyridine rings is 1. The Morgan fingerprint density at radius 1 is 1.40 bits per heavy atom. The molecule has 1 saturated carbocycles. The first-order valence-corrected chi connectivity index (χ1v) is 7.77. The Hall–Kier alpha value is -1.13. The predicted molar refractivity (Wildman–Crippen MR) is 79.8 cm³/mol. The number of methoxy groups -OCH3 is 1. The summed E-state index contributed by atoms with van der Waals surface area (Å²) in [6, 6.07) is 7.35. The molecule has 1 aromatic heterocycles. The van der Waals surface area contributed by atoms with E-state index in [9.17, 15) is 0 Å². The van der Waals surface area contributed by atoms with Crippen LogP contribution in [0.1, 0.15) is 31.9 Å². The summed E-state index contributed by atoms with van der Waals surface area (Å²) in [6.45, 7) is 5.47. The second kappa shape index (κ2) is 6.10. The molecule has 1 N–H and O–H groups in total. The second-order valence-electron chi connectivity index (χ2n) is 6.01. The van der Waals surface area contributed by atoms with E-state index in [1.165, 1.54) is 19.3 Å². The highest BCUT2D eigenvalue weighted by Crippen LogP contribution is 2.34. The fraction of sp³-hybridized carbons (Fsp3) is 0.688. The van der Waals surface area contributed by atoms with Crippen LogP contribution in [-0.2, 0) is 6.54 Å². The number of hydrogen-bond acceptors (Lipinski definition) is 4. The van der Waals surface area contributed by atoms with E-state index in [2.05, 4.69) is 28.2 Å². The van der Waals surface area contributed by atoms with Gasteiger partial charge in [-0.1, -0.05) is 13.0 Å². The highest BCUT2D eigenvalue weighted by atomic mass is 16.5. The van der Waals surface area contributed by atoms with Crippen LogP contribution >= 0.6 is 0 Å². The van der Waals surface area contributed by atoms with Gasteiger partial charge in [0.1, 0.15) is 0 Å². The molecule has 1 aliphatic heterocycles. The molecule has 0 spiro atoms. The van der Waals surface area contributed by atoms with Crippen molar-refractivity contribution < 1.29 is 4.74 Å².